The van der Waals surface area contributed by atoms with Crippen molar-refractivity contribution in [3.8, 4) is 0 Å². The summed E-state index contributed by atoms with van der Waals surface area (Å²) in [6.45, 7) is 2.50. The summed E-state index contributed by atoms with van der Waals surface area (Å²) >= 11 is 0. The van der Waals surface area contributed by atoms with E-state index < -0.39 is 5.97 Å². The molecule has 2 rings (SSSR count). The van der Waals surface area contributed by atoms with E-state index in [1.807, 2.05) is 12.1 Å². The average Bonchev–Trinajstić information content (AvgIpc) is 2.40. The summed E-state index contributed by atoms with van der Waals surface area (Å²) in [5.74, 6) is -0.887. The lowest BCUT2D eigenvalue weighted by molar-refractivity contribution is 0.0697. The van der Waals surface area contributed by atoms with Crippen molar-refractivity contribution in [2.24, 2.45) is 0 Å². The molecule has 1 aromatic carbocycles. The van der Waals surface area contributed by atoms with Gasteiger partial charge in [-0.05, 0) is 36.3 Å². The van der Waals surface area contributed by atoms with E-state index in [9.17, 15) is 4.79 Å². The molecule has 1 aromatic rings. The predicted molar refractivity (Wildman–Crippen MR) is 70.2 cm³/mol. The number of carboxylic acid groups (broad SMARTS) is 1. The zero-order valence-electron chi connectivity index (χ0n) is 10.4. The molecule has 1 N–H and O–H groups in total. The molecule has 0 bridgehead atoms. The maximum Gasteiger partial charge on any atom is 0.335 e. The topological polar surface area (TPSA) is 49.8 Å². The summed E-state index contributed by atoms with van der Waals surface area (Å²) in [7, 11) is 1.71. The fourth-order valence-electron chi connectivity index (χ4n) is 2.08. The first-order chi connectivity index (χ1) is 8.70. The number of nitrogens with zero attached hydrogens (tertiary/aromatic N) is 1. The lowest BCUT2D eigenvalue weighted by Crippen LogP contribution is -2.29. The first-order valence-electron chi connectivity index (χ1n) is 5.96. The minimum atomic E-state index is -0.887. The van der Waals surface area contributed by atoms with Crippen LogP contribution in [0.2, 0.25) is 0 Å². The van der Waals surface area contributed by atoms with Crippen LogP contribution >= 0.6 is 0 Å². The Kier molecular flexibility index (Phi) is 3.99. The van der Waals surface area contributed by atoms with Gasteiger partial charge in [-0.2, -0.15) is 0 Å². The minimum Gasteiger partial charge on any atom is -0.478 e. The molecule has 0 fully saturated rings. The minimum absolute atomic E-state index is 0.325. The first-order valence-corrected chi connectivity index (χ1v) is 5.96. The van der Waals surface area contributed by atoms with E-state index in [1.165, 1.54) is 5.57 Å². The third kappa shape index (κ3) is 2.90. The number of ether oxygens (including phenoxy) is 1. The Morgan fingerprint density at radius 2 is 2.11 bits per heavy atom. The predicted octanol–water partition coefficient (Wildman–Crippen LogP) is 2.17. The zero-order valence-corrected chi connectivity index (χ0v) is 10.4. The normalized spacial score (nSPS) is 15.4. The Labute approximate surface area is 106 Å². The lowest BCUT2D eigenvalue weighted by Gasteiger charge is -2.28. The number of carboxylic acids is 1. The summed E-state index contributed by atoms with van der Waals surface area (Å²) in [6.07, 6.45) is 3.17. The molecule has 0 amide bonds. The van der Waals surface area contributed by atoms with Crippen molar-refractivity contribution < 1.29 is 14.6 Å². The van der Waals surface area contributed by atoms with Gasteiger partial charge >= 0.3 is 5.97 Å². The smallest absolute Gasteiger partial charge is 0.335 e. The van der Waals surface area contributed by atoms with Crippen LogP contribution < -0.4 is 4.90 Å². The lowest BCUT2D eigenvalue weighted by atomic mass is 10.1. The number of anilines is 1. The van der Waals surface area contributed by atoms with E-state index in [1.54, 1.807) is 19.2 Å². The van der Waals surface area contributed by atoms with Gasteiger partial charge in [-0.1, -0.05) is 6.08 Å². The maximum atomic E-state index is 10.8. The van der Waals surface area contributed by atoms with Crippen LogP contribution in [0.25, 0.3) is 0 Å². The van der Waals surface area contributed by atoms with Gasteiger partial charge in [0.1, 0.15) is 0 Å². The second-order valence-electron chi connectivity index (χ2n) is 4.34. The number of methoxy groups -OCH3 is 1. The molecule has 1 aliphatic rings. The second kappa shape index (κ2) is 5.69. The number of rotatable bonds is 4. The van der Waals surface area contributed by atoms with Crippen LogP contribution in [0.15, 0.2) is 35.9 Å². The Morgan fingerprint density at radius 3 is 2.61 bits per heavy atom. The Bertz CT molecular complexity index is 451. The number of hydrogen-bond acceptors (Lipinski definition) is 3. The van der Waals surface area contributed by atoms with Crippen LogP contribution in [0.4, 0.5) is 5.69 Å². The van der Waals surface area contributed by atoms with Crippen molar-refractivity contribution in [1.29, 1.82) is 0 Å². The number of benzene rings is 1. The SMILES string of the molecule is COCC1=CCN(c2ccc(C(=O)O)cc2)CC1. The fourth-order valence-corrected chi connectivity index (χ4v) is 2.08. The number of hydrogen-bond donors (Lipinski definition) is 1. The van der Waals surface area contributed by atoms with Crippen molar-refractivity contribution in [3.63, 3.8) is 0 Å². The summed E-state index contributed by atoms with van der Waals surface area (Å²) < 4.78 is 5.11. The van der Waals surface area contributed by atoms with E-state index in [0.717, 1.165) is 25.2 Å². The average molecular weight is 247 g/mol. The molecular weight excluding hydrogens is 230 g/mol. The standard InChI is InChI=1S/C14H17NO3/c1-18-10-11-6-8-15(9-7-11)13-4-2-12(3-5-13)14(16)17/h2-6H,7-10H2,1H3,(H,16,17). The van der Waals surface area contributed by atoms with Gasteiger partial charge in [0.15, 0.2) is 0 Å². The largest absolute Gasteiger partial charge is 0.478 e. The molecule has 0 saturated heterocycles. The number of aromatic carboxylic acids is 1. The Morgan fingerprint density at radius 1 is 1.39 bits per heavy atom. The molecular formula is C14H17NO3. The van der Waals surface area contributed by atoms with Gasteiger partial charge in [-0.3, -0.25) is 0 Å². The molecule has 0 aromatic heterocycles. The summed E-state index contributed by atoms with van der Waals surface area (Å²) in [6, 6.07) is 7.01. The van der Waals surface area contributed by atoms with Crippen molar-refractivity contribution >= 4 is 11.7 Å². The van der Waals surface area contributed by atoms with Crippen molar-refractivity contribution in [2.45, 2.75) is 6.42 Å². The van der Waals surface area contributed by atoms with Crippen molar-refractivity contribution in [3.05, 3.63) is 41.5 Å². The van der Waals surface area contributed by atoms with Crippen LogP contribution in [-0.2, 0) is 4.74 Å². The molecule has 4 heteroatoms. The van der Waals surface area contributed by atoms with Gasteiger partial charge in [0.2, 0.25) is 0 Å². The van der Waals surface area contributed by atoms with Gasteiger partial charge in [0.25, 0.3) is 0 Å². The van der Waals surface area contributed by atoms with Crippen LogP contribution in [-0.4, -0.2) is 37.9 Å². The molecule has 0 atom stereocenters. The highest BCUT2D eigenvalue weighted by molar-refractivity contribution is 5.88. The second-order valence-corrected chi connectivity index (χ2v) is 4.34. The fraction of sp³-hybridized carbons (Fsp3) is 0.357. The monoisotopic (exact) mass is 247 g/mol. The molecule has 96 valence electrons. The first kappa shape index (κ1) is 12.6. The van der Waals surface area contributed by atoms with E-state index in [-0.39, 0.29) is 0 Å². The molecule has 4 nitrogen and oxygen atoms in total. The van der Waals surface area contributed by atoms with E-state index in [4.69, 9.17) is 9.84 Å². The maximum absolute atomic E-state index is 10.8. The third-order valence-electron chi connectivity index (χ3n) is 3.11. The van der Waals surface area contributed by atoms with Crippen LogP contribution in [0, 0.1) is 0 Å². The van der Waals surface area contributed by atoms with E-state index >= 15 is 0 Å². The molecule has 1 heterocycles. The Hall–Kier alpha value is -1.81. The van der Waals surface area contributed by atoms with Gasteiger partial charge in [0.05, 0.1) is 12.2 Å². The quantitative estimate of drug-likeness (QED) is 0.828. The van der Waals surface area contributed by atoms with Gasteiger partial charge in [-0.25, -0.2) is 4.79 Å². The Balaban J connectivity index is 2.03. The van der Waals surface area contributed by atoms with Gasteiger partial charge in [-0.15, -0.1) is 0 Å². The highest BCUT2D eigenvalue weighted by atomic mass is 16.5. The molecule has 18 heavy (non-hydrogen) atoms. The van der Waals surface area contributed by atoms with Gasteiger partial charge in [0, 0.05) is 25.9 Å². The third-order valence-corrected chi connectivity index (χ3v) is 3.11. The van der Waals surface area contributed by atoms with Gasteiger partial charge < -0.3 is 14.7 Å². The van der Waals surface area contributed by atoms with Crippen molar-refractivity contribution in [1.82, 2.24) is 0 Å². The highest BCUT2D eigenvalue weighted by Crippen LogP contribution is 2.20. The molecule has 0 saturated carbocycles. The molecule has 1 aliphatic heterocycles. The molecule has 0 unspecified atom stereocenters. The molecule has 0 radical (unpaired) electrons. The van der Waals surface area contributed by atoms with E-state index in [0.29, 0.717) is 12.2 Å². The van der Waals surface area contributed by atoms with Crippen LogP contribution in [0.5, 0.6) is 0 Å². The summed E-state index contributed by atoms with van der Waals surface area (Å²) in [4.78, 5) is 13.0. The zero-order chi connectivity index (χ0) is 13.0. The van der Waals surface area contributed by atoms with Crippen molar-refractivity contribution in [2.75, 3.05) is 31.7 Å². The molecule has 0 spiro atoms. The summed E-state index contributed by atoms with van der Waals surface area (Å²) in [5.41, 5.74) is 2.72. The van der Waals surface area contributed by atoms with Crippen LogP contribution in [0.3, 0.4) is 0 Å². The summed E-state index contributed by atoms with van der Waals surface area (Å²) in [5, 5.41) is 8.84. The number of carbonyl (C=O) groups is 1. The highest BCUT2D eigenvalue weighted by Gasteiger charge is 2.12. The van der Waals surface area contributed by atoms with E-state index in [2.05, 4.69) is 11.0 Å². The van der Waals surface area contributed by atoms with Crippen LogP contribution in [0.1, 0.15) is 16.8 Å². The molecule has 0 aliphatic carbocycles.